The second-order valence-electron chi connectivity index (χ2n) is 10.6. The second-order valence-corrected chi connectivity index (χ2v) is 12.5. The molecule has 214 valence electrons. The van der Waals surface area contributed by atoms with Crippen molar-refractivity contribution >= 4 is 27.5 Å². The normalized spacial score (nSPS) is 12.9. The van der Waals surface area contributed by atoms with Crippen LogP contribution in [-0.2, 0) is 26.2 Å². The zero-order valence-electron chi connectivity index (χ0n) is 24.6. The number of rotatable bonds is 11. The number of aryl methyl sites for hydroxylation is 4. The van der Waals surface area contributed by atoms with Crippen LogP contribution in [0.2, 0.25) is 0 Å². The zero-order valence-corrected chi connectivity index (χ0v) is 25.4. The number of sulfonamides is 1. The minimum Gasteiger partial charge on any atom is -0.352 e. The molecule has 3 aromatic carbocycles. The number of nitrogens with one attached hydrogen (secondary N) is 1. The van der Waals surface area contributed by atoms with Crippen LogP contribution < -0.4 is 9.62 Å². The summed E-state index contributed by atoms with van der Waals surface area (Å²) in [5.41, 5.74) is 4.95. The first-order valence-corrected chi connectivity index (χ1v) is 15.1. The highest BCUT2D eigenvalue weighted by molar-refractivity contribution is 7.92. The Hall–Kier alpha value is -3.65. The van der Waals surface area contributed by atoms with E-state index in [0.29, 0.717) is 5.69 Å². The average molecular weight is 564 g/mol. The third-order valence-electron chi connectivity index (χ3n) is 7.11. The SMILES string of the molecule is CC[C@@H](C)NC(=O)[C@@H](C)N(Cc1cccc(C)c1)C(=O)CN(c1ccc(C)cc1C)S(=O)(=O)c1ccc(C)cc1. The number of hydrogen-bond donors (Lipinski definition) is 1. The molecule has 0 spiro atoms. The molecule has 7 nitrogen and oxygen atoms in total. The van der Waals surface area contributed by atoms with Crippen molar-refractivity contribution in [3.8, 4) is 0 Å². The van der Waals surface area contributed by atoms with E-state index in [-0.39, 0.29) is 23.4 Å². The first kappa shape index (κ1) is 30.9. The molecule has 0 aliphatic rings. The maximum atomic E-state index is 14.1. The van der Waals surface area contributed by atoms with Gasteiger partial charge >= 0.3 is 0 Å². The topological polar surface area (TPSA) is 86.8 Å². The fourth-order valence-corrected chi connectivity index (χ4v) is 5.97. The van der Waals surface area contributed by atoms with E-state index in [1.807, 2.05) is 77.9 Å². The second kappa shape index (κ2) is 13.1. The van der Waals surface area contributed by atoms with Gasteiger partial charge in [-0.2, -0.15) is 0 Å². The van der Waals surface area contributed by atoms with Crippen molar-refractivity contribution < 1.29 is 18.0 Å². The lowest BCUT2D eigenvalue weighted by molar-refractivity contribution is -0.139. The van der Waals surface area contributed by atoms with Gasteiger partial charge in [-0.1, -0.05) is 72.1 Å². The minimum absolute atomic E-state index is 0.0560. The molecule has 2 amide bonds. The van der Waals surface area contributed by atoms with Gasteiger partial charge in [0.1, 0.15) is 12.6 Å². The van der Waals surface area contributed by atoms with Gasteiger partial charge in [-0.05, 0) is 77.3 Å². The Labute approximate surface area is 239 Å². The van der Waals surface area contributed by atoms with Crippen LogP contribution in [-0.4, -0.2) is 43.8 Å². The van der Waals surface area contributed by atoms with Crippen LogP contribution >= 0.6 is 0 Å². The Morgan fingerprint density at radius 2 is 1.48 bits per heavy atom. The fraction of sp³-hybridized carbons (Fsp3) is 0.375. The molecule has 1 N–H and O–H groups in total. The van der Waals surface area contributed by atoms with E-state index in [4.69, 9.17) is 0 Å². The molecular weight excluding hydrogens is 522 g/mol. The molecule has 2 atom stereocenters. The predicted octanol–water partition coefficient (Wildman–Crippen LogP) is 5.45. The Kier molecular flexibility index (Phi) is 10.1. The van der Waals surface area contributed by atoms with Gasteiger partial charge in [0, 0.05) is 12.6 Å². The van der Waals surface area contributed by atoms with Gasteiger partial charge in [0.05, 0.1) is 10.6 Å². The van der Waals surface area contributed by atoms with Crippen LogP contribution in [0, 0.1) is 27.7 Å². The number of hydrogen-bond acceptors (Lipinski definition) is 4. The lowest BCUT2D eigenvalue weighted by Crippen LogP contribution is -2.52. The van der Waals surface area contributed by atoms with E-state index >= 15 is 0 Å². The number of carbonyl (C=O) groups is 2. The molecule has 3 rings (SSSR count). The van der Waals surface area contributed by atoms with Crippen LogP contribution in [0.1, 0.15) is 55.0 Å². The molecular formula is C32H41N3O4S. The minimum atomic E-state index is -4.10. The molecule has 0 radical (unpaired) electrons. The maximum absolute atomic E-state index is 14.1. The molecule has 0 saturated carbocycles. The van der Waals surface area contributed by atoms with E-state index in [2.05, 4.69) is 5.32 Å². The van der Waals surface area contributed by atoms with Crippen LogP contribution in [0.15, 0.2) is 71.6 Å². The summed E-state index contributed by atoms with van der Waals surface area (Å²) in [6, 6.07) is 18.9. The van der Waals surface area contributed by atoms with E-state index in [1.165, 1.54) is 4.90 Å². The Morgan fingerprint density at radius 1 is 0.850 bits per heavy atom. The van der Waals surface area contributed by atoms with Gasteiger partial charge in [-0.3, -0.25) is 13.9 Å². The lowest BCUT2D eigenvalue weighted by atomic mass is 10.1. The van der Waals surface area contributed by atoms with Crippen molar-refractivity contribution in [1.82, 2.24) is 10.2 Å². The summed E-state index contributed by atoms with van der Waals surface area (Å²) < 4.78 is 29.2. The molecule has 0 aromatic heterocycles. The summed E-state index contributed by atoms with van der Waals surface area (Å²) in [4.78, 5) is 28.8. The molecule has 0 heterocycles. The highest BCUT2D eigenvalue weighted by atomic mass is 32.2. The molecule has 3 aromatic rings. The number of carbonyl (C=O) groups excluding carboxylic acids is 2. The third kappa shape index (κ3) is 7.50. The predicted molar refractivity (Wildman–Crippen MR) is 161 cm³/mol. The molecule has 0 bridgehead atoms. The number of anilines is 1. The summed E-state index contributed by atoms with van der Waals surface area (Å²) in [5, 5.41) is 2.96. The van der Waals surface area contributed by atoms with Gasteiger partial charge in [0.25, 0.3) is 10.0 Å². The molecule has 0 unspecified atom stereocenters. The van der Waals surface area contributed by atoms with Gasteiger partial charge < -0.3 is 10.2 Å². The monoisotopic (exact) mass is 563 g/mol. The van der Waals surface area contributed by atoms with Crippen molar-refractivity contribution in [1.29, 1.82) is 0 Å². The molecule has 0 aliphatic carbocycles. The summed E-state index contributed by atoms with van der Waals surface area (Å²) in [6.45, 7) is 12.9. The van der Waals surface area contributed by atoms with E-state index in [1.54, 1.807) is 37.3 Å². The zero-order chi connectivity index (χ0) is 29.6. The molecule has 0 aliphatic heterocycles. The molecule has 0 saturated heterocycles. The summed E-state index contributed by atoms with van der Waals surface area (Å²) in [6.07, 6.45) is 0.750. The highest BCUT2D eigenvalue weighted by Gasteiger charge is 2.33. The lowest BCUT2D eigenvalue weighted by Gasteiger charge is -2.33. The largest absolute Gasteiger partial charge is 0.352 e. The van der Waals surface area contributed by atoms with Gasteiger partial charge in [-0.25, -0.2) is 8.42 Å². The average Bonchev–Trinajstić information content (AvgIpc) is 2.90. The van der Waals surface area contributed by atoms with Gasteiger partial charge in [0.2, 0.25) is 11.8 Å². The first-order chi connectivity index (χ1) is 18.8. The third-order valence-corrected chi connectivity index (χ3v) is 8.89. The number of nitrogens with zero attached hydrogens (tertiary/aromatic N) is 2. The first-order valence-electron chi connectivity index (χ1n) is 13.7. The molecule has 40 heavy (non-hydrogen) atoms. The van der Waals surface area contributed by atoms with E-state index in [0.717, 1.165) is 38.5 Å². The Balaban J connectivity index is 2.06. The van der Waals surface area contributed by atoms with Gasteiger partial charge in [-0.15, -0.1) is 0 Å². The highest BCUT2D eigenvalue weighted by Crippen LogP contribution is 2.28. The van der Waals surface area contributed by atoms with E-state index < -0.39 is 28.5 Å². The van der Waals surface area contributed by atoms with Gasteiger partial charge in [0.15, 0.2) is 0 Å². The van der Waals surface area contributed by atoms with Crippen molar-refractivity contribution in [3.63, 3.8) is 0 Å². The molecule has 8 heteroatoms. The summed E-state index contributed by atoms with van der Waals surface area (Å²) >= 11 is 0. The fourth-order valence-electron chi connectivity index (χ4n) is 4.49. The quantitative estimate of drug-likeness (QED) is 0.336. The van der Waals surface area contributed by atoms with E-state index in [9.17, 15) is 18.0 Å². The number of amides is 2. The van der Waals surface area contributed by atoms with Crippen molar-refractivity contribution in [2.45, 2.75) is 78.4 Å². The van der Waals surface area contributed by atoms with Crippen molar-refractivity contribution in [3.05, 3.63) is 94.5 Å². The van der Waals surface area contributed by atoms with Crippen LogP contribution in [0.25, 0.3) is 0 Å². The van der Waals surface area contributed by atoms with Crippen molar-refractivity contribution in [2.75, 3.05) is 10.8 Å². The Bertz CT molecular complexity index is 1450. The smallest absolute Gasteiger partial charge is 0.264 e. The number of benzene rings is 3. The Morgan fingerprint density at radius 3 is 2.08 bits per heavy atom. The van der Waals surface area contributed by atoms with Crippen molar-refractivity contribution in [2.24, 2.45) is 0 Å². The molecule has 0 fully saturated rings. The standard InChI is InChI=1S/C32H41N3O4S/c1-8-26(6)33-32(37)27(7)34(20-28-11-9-10-23(3)19-28)31(36)21-35(30-17-14-24(4)18-25(30)5)40(38,39)29-15-12-22(2)13-16-29/h9-19,26-27H,8,20-21H2,1-7H3,(H,33,37)/t26-,27-/m1/s1. The van der Waals surface area contributed by atoms with Crippen LogP contribution in [0.3, 0.4) is 0 Å². The summed E-state index contributed by atoms with van der Waals surface area (Å²) in [7, 11) is -4.10. The maximum Gasteiger partial charge on any atom is 0.264 e. The summed E-state index contributed by atoms with van der Waals surface area (Å²) in [5.74, 6) is -0.751. The van der Waals surface area contributed by atoms with Crippen LogP contribution in [0.4, 0.5) is 5.69 Å². The van der Waals surface area contributed by atoms with Crippen LogP contribution in [0.5, 0.6) is 0 Å².